The van der Waals surface area contributed by atoms with Gasteiger partial charge in [-0.3, -0.25) is 4.57 Å². The molecule has 1 heterocycles. The van der Waals surface area contributed by atoms with Crippen molar-refractivity contribution in [2.24, 2.45) is 5.73 Å². The number of nitrogens with zero attached hydrogens (tertiary/aromatic N) is 2. The fourth-order valence-electron chi connectivity index (χ4n) is 0.855. The molecule has 1 aromatic heterocycles. The highest BCUT2D eigenvalue weighted by molar-refractivity contribution is 7.87. The monoisotopic (exact) mass is 251 g/mol. The van der Waals surface area contributed by atoms with Crippen LogP contribution in [0.4, 0.5) is 0 Å². The minimum atomic E-state index is -2.39. The molecule has 2 atom stereocenters. The molecular formula is C7H14N3O3PS. The van der Waals surface area contributed by atoms with Crippen LogP contribution in [-0.2, 0) is 9.09 Å². The summed E-state index contributed by atoms with van der Waals surface area (Å²) in [5, 5.41) is 3.73. The highest BCUT2D eigenvalue weighted by atomic mass is 32.1. The van der Waals surface area contributed by atoms with Gasteiger partial charge in [0.2, 0.25) is 13.9 Å². The van der Waals surface area contributed by atoms with Gasteiger partial charge >= 0.3 is 0 Å². The van der Waals surface area contributed by atoms with E-state index < -0.39 is 13.0 Å². The van der Waals surface area contributed by atoms with E-state index >= 15 is 0 Å². The third-order valence-corrected chi connectivity index (χ3v) is 3.65. The van der Waals surface area contributed by atoms with Crippen molar-refractivity contribution in [2.45, 2.75) is 24.8 Å². The maximum atomic E-state index is 11.4. The molecule has 86 valence electrons. The number of nitrogens with two attached hydrogens (primary N) is 1. The van der Waals surface area contributed by atoms with Gasteiger partial charge in [0.25, 0.3) is 0 Å². The lowest BCUT2D eigenvalue weighted by Gasteiger charge is -2.04. The Morgan fingerprint density at radius 1 is 1.67 bits per heavy atom. The predicted molar refractivity (Wildman–Crippen MR) is 59.3 cm³/mol. The Bertz CT molecular complexity index is 344. The van der Waals surface area contributed by atoms with E-state index in [-0.39, 0.29) is 18.5 Å². The van der Waals surface area contributed by atoms with Crippen molar-refractivity contribution in [2.75, 3.05) is 6.73 Å². The Morgan fingerprint density at radius 3 is 2.80 bits per heavy atom. The lowest BCUT2D eigenvalue weighted by atomic mass is 10.2. The van der Waals surface area contributed by atoms with Gasteiger partial charge in [0.15, 0.2) is 10.8 Å². The van der Waals surface area contributed by atoms with Crippen LogP contribution >= 0.6 is 20.7 Å². The van der Waals surface area contributed by atoms with Crippen molar-refractivity contribution >= 4 is 20.7 Å². The largest absolute Gasteiger partial charge is 0.337 e. The van der Waals surface area contributed by atoms with E-state index in [1.54, 1.807) is 0 Å². The number of aromatic nitrogens is 2. The highest BCUT2D eigenvalue weighted by Gasteiger charge is 2.22. The molecule has 0 fully saturated rings. The SMILES string of the molecule is CC(C)c1noc(C(S)[PH](=O)OCN)n1. The second kappa shape index (κ2) is 5.65. The number of hydrogen-bond acceptors (Lipinski definition) is 7. The summed E-state index contributed by atoms with van der Waals surface area (Å²) in [7, 11) is -2.39. The van der Waals surface area contributed by atoms with Gasteiger partial charge in [0, 0.05) is 5.92 Å². The first-order chi connectivity index (χ1) is 7.06. The average Bonchev–Trinajstić information content (AvgIpc) is 2.65. The summed E-state index contributed by atoms with van der Waals surface area (Å²) in [6.07, 6.45) is 0. The van der Waals surface area contributed by atoms with Gasteiger partial charge in [-0.1, -0.05) is 19.0 Å². The first kappa shape index (κ1) is 12.7. The lowest BCUT2D eigenvalue weighted by molar-refractivity contribution is 0.330. The molecular weight excluding hydrogens is 237 g/mol. The molecule has 0 saturated heterocycles. The summed E-state index contributed by atoms with van der Waals surface area (Å²) in [4.78, 5) is 3.37. The highest BCUT2D eigenvalue weighted by Crippen LogP contribution is 2.43. The molecule has 2 N–H and O–H groups in total. The van der Waals surface area contributed by atoms with E-state index in [1.807, 2.05) is 13.8 Å². The molecule has 1 rings (SSSR count). The molecule has 0 spiro atoms. The van der Waals surface area contributed by atoms with E-state index in [0.717, 1.165) is 0 Å². The van der Waals surface area contributed by atoms with Crippen molar-refractivity contribution < 1.29 is 13.6 Å². The zero-order valence-corrected chi connectivity index (χ0v) is 10.4. The molecule has 15 heavy (non-hydrogen) atoms. The number of thiol groups is 1. The van der Waals surface area contributed by atoms with E-state index in [1.165, 1.54) is 0 Å². The van der Waals surface area contributed by atoms with Crippen LogP contribution in [0, 0.1) is 0 Å². The quantitative estimate of drug-likeness (QED) is 0.468. The summed E-state index contributed by atoms with van der Waals surface area (Å²) >= 11 is 4.09. The van der Waals surface area contributed by atoms with Crippen LogP contribution in [0.15, 0.2) is 4.52 Å². The Balaban J connectivity index is 2.73. The van der Waals surface area contributed by atoms with Crippen LogP contribution in [0.3, 0.4) is 0 Å². The fraction of sp³-hybridized carbons (Fsp3) is 0.714. The second-order valence-corrected chi connectivity index (χ2v) is 5.68. The number of rotatable bonds is 5. The smallest absolute Gasteiger partial charge is 0.249 e. The van der Waals surface area contributed by atoms with Crippen LogP contribution < -0.4 is 5.73 Å². The van der Waals surface area contributed by atoms with Gasteiger partial charge in [0.1, 0.15) is 6.73 Å². The Labute approximate surface area is 93.8 Å². The van der Waals surface area contributed by atoms with Crippen LogP contribution in [0.2, 0.25) is 0 Å². The fourth-order valence-corrected chi connectivity index (χ4v) is 1.82. The van der Waals surface area contributed by atoms with Gasteiger partial charge in [-0.05, 0) is 0 Å². The molecule has 0 aliphatic heterocycles. The maximum Gasteiger partial charge on any atom is 0.249 e. The van der Waals surface area contributed by atoms with Gasteiger partial charge in [0.05, 0.1) is 0 Å². The summed E-state index contributed by atoms with van der Waals surface area (Å²) in [5.41, 5.74) is 5.10. The topological polar surface area (TPSA) is 91.2 Å². The summed E-state index contributed by atoms with van der Waals surface area (Å²) in [6.45, 7) is 3.75. The molecule has 2 unspecified atom stereocenters. The van der Waals surface area contributed by atoms with Crippen LogP contribution in [-0.4, -0.2) is 16.9 Å². The zero-order valence-electron chi connectivity index (χ0n) is 8.51. The summed E-state index contributed by atoms with van der Waals surface area (Å²) in [6, 6.07) is 0. The first-order valence-electron chi connectivity index (χ1n) is 4.44. The molecule has 0 bridgehead atoms. The standard InChI is InChI=1S/C7H14N3O3PS/c1-4(2)5-9-6(13-10-5)7(15)14(11)12-3-8/h4,7,14-15H,3,8H2,1-2H3. The molecule has 8 heteroatoms. The van der Waals surface area contributed by atoms with Crippen molar-refractivity contribution in [3.8, 4) is 0 Å². The molecule has 0 radical (unpaired) electrons. The first-order valence-corrected chi connectivity index (χ1v) is 6.35. The Hall–Kier alpha value is -0.360. The van der Waals surface area contributed by atoms with E-state index in [9.17, 15) is 4.57 Å². The van der Waals surface area contributed by atoms with Crippen molar-refractivity contribution in [1.82, 2.24) is 10.1 Å². The van der Waals surface area contributed by atoms with Crippen molar-refractivity contribution in [3.05, 3.63) is 11.7 Å². The summed E-state index contributed by atoms with van der Waals surface area (Å²) < 4.78 is 21.1. The summed E-state index contributed by atoms with van der Waals surface area (Å²) in [5.74, 6) is 0.923. The van der Waals surface area contributed by atoms with E-state index in [4.69, 9.17) is 14.8 Å². The lowest BCUT2D eigenvalue weighted by Crippen LogP contribution is -2.00. The minimum absolute atomic E-state index is 0.111. The number of hydrogen-bond donors (Lipinski definition) is 2. The Morgan fingerprint density at radius 2 is 2.33 bits per heavy atom. The predicted octanol–water partition coefficient (Wildman–Crippen LogP) is 1.53. The van der Waals surface area contributed by atoms with Gasteiger partial charge < -0.3 is 14.8 Å². The molecule has 0 aliphatic carbocycles. The van der Waals surface area contributed by atoms with Gasteiger partial charge in [-0.25, -0.2) is 0 Å². The zero-order chi connectivity index (χ0) is 11.4. The van der Waals surface area contributed by atoms with Crippen molar-refractivity contribution in [3.63, 3.8) is 0 Å². The molecule has 0 aromatic carbocycles. The van der Waals surface area contributed by atoms with E-state index in [0.29, 0.717) is 5.82 Å². The van der Waals surface area contributed by atoms with Gasteiger partial charge in [-0.15, -0.1) is 0 Å². The normalized spacial score (nSPS) is 15.5. The average molecular weight is 251 g/mol. The molecule has 1 aromatic rings. The second-order valence-electron chi connectivity index (χ2n) is 3.18. The molecule has 0 aliphatic rings. The van der Waals surface area contributed by atoms with E-state index in [2.05, 4.69) is 22.8 Å². The minimum Gasteiger partial charge on any atom is -0.337 e. The maximum absolute atomic E-state index is 11.4. The van der Waals surface area contributed by atoms with Crippen LogP contribution in [0.1, 0.15) is 36.5 Å². The third kappa shape index (κ3) is 3.31. The van der Waals surface area contributed by atoms with Crippen LogP contribution in [0.25, 0.3) is 0 Å². The van der Waals surface area contributed by atoms with Crippen LogP contribution in [0.5, 0.6) is 0 Å². The van der Waals surface area contributed by atoms with Gasteiger partial charge in [-0.2, -0.15) is 17.6 Å². The Kier molecular flexibility index (Phi) is 4.79. The molecule has 0 saturated carbocycles. The molecule has 6 nitrogen and oxygen atoms in total. The van der Waals surface area contributed by atoms with Crippen molar-refractivity contribution in [1.29, 1.82) is 0 Å². The third-order valence-electron chi connectivity index (χ3n) is 1.66. The molecule has 0 amide bonds.